The fraction of sp³-hybridized carbons (Fsp3) is 0.364. The SMILES string of the molecule is CNc1cc(S(=O)(=O)NC(C)(C)C(N)=O)ccc1[N+](=O)[O-]. The molecule has 0 saturated heterocycles. The number of hydrogen-bond donors (Lipinski definition) is 3. The van der Waals surface area contributed by atoms with Gasteiger partial charge in [-0.25, -0.2) is 8.42 Å². The fourth-order valence-corrected chi connectivity index (χ4v) is 2.90. The molecule has 0 heterocycles. The first kappa shape index (κ1) is 16.9. The maximum absolute atomic E-state index is 12.2. The van der Waals surface area contributed by atoms with Crippen molar-refractivity contribution in [1.82, 2.24) is 4.72 Å². The highest BCUT2D eigenvalue weighted by Gasteiger charge is 2.32. The van der Waals surface area contributed by atoms with Crippen LogP contribution in [0.4, 0.5) is 11.4 Å². The van der Waals surface area contributed by atoms with Crippen LogP contribution < -0.4 is 15.8 Å². The molecule has 0 atom stereocenters. The number of primary amides is 1. The molecule has 10 heteroatoms. The Kier molecular flexibility index (Phi) is 4.54. The Balaban J connectivity index is 3.27. The normalized spacial score (nSPS) is 12.0. The van der Waals surface area contributed by atoms with Gasteiger partial charge in [-0.05, 0) is 26.0 Å². The summed E-state index contributed by atoms with van der Waals surface area (Å²) in [7, 11) is -2.62. The lowest BCUT2D eigenvalue weighted by atomic mass is 10.1. The predicted octanol–water partition coefficient (Wildman–Crippen LogP) is 0.179. The Morgan fingerprint density at radius 2 is 1.95 bits per heavy atom. The van der Waals surface area contributed by atoms with E-state index in [0.29, 0.717) is 0 Å². The lowest BCUT2D eigenvalue weighted by molar-refractivity contribution is -0.384. The smallest absolute Gasteiger partial charge is 0.292 e. The van der Waals surface area contributed by atoms with Crippen molar-refractivity contribution in [3.8, 4) is 0 Å². The summed E-state index contributed by atoms with van der Waals surface area (Å²) in [6.07, 6.45) is 0. The number of carbonyl (C=O) groups excluding carboxylic acids is 1. The van der Waals surface area contributed by atoms with Crippen LogP contribution in [0.2, 0.25) is 0 Å². The van der Waals surface area contributed by atoms with Gasteiger partial charge in [0, 0.05) is 13.1 Å². The third-order valence-electron chi connectivity index (χ3n) is 2.75. The maximum Gasteiger partial charge on any atom is 0.292 e. The molecule has 0 fully saturated rings. The minimum Gasteiger partial charge on any atom is -0.383 e. The van der Waals surface area contributed by atoms with E-state index >= 15 is 0 Å². The summed E-state index contributed by atoms with van der Waals surface area (Å²) in [4.78, 5) is 21.1. The van der Waals surface area contributed by atoms with E-state index < -0.39 is 26.4 Å². The van der Waals surface area contributed by atoms with Gasteiger partial charge in [0.05, 0.1) is 9.82 Å². The van der Waals surface area contributed by atoms with E-state index in [2.05, 4.69) is 10.0 Å². The van der Waals surface area contributed by atoms with Crippen LogP contribution in [-0.4, -0.2) is 31.8 Å². The predicted molar refractivity (Wildman–Crippen MR) is 76.2 cm³/mol. The van der Waals surface area contributed by atoms with Crippen molar-refractivity contribution in [2.45, 2.75) is 24.3 Å². The van der Waals surface area contributed by atoms with E-state index in [1.807, 2.05) is 0 Å². The molecule has 1 aromatic rings. The van der Waals surface area contributed by atoms with Gasteiger partial charge in [0.15, 0.2) is 0 Å². The van der Waals surface area contributed by atoms with Crippen LogP contribution in [0.25, 0.3) is 0 Å². The fourth-order valence-electron chi connectivity index (χ4n) is 1.49. The number of hydrogen-bond acceptors (Lipinski definition) is 6. The van der Waals surface area contributed by atoms with Crippen molar-refractivity contribution in [1.29, 1.82) is 0 Å². The molecule has 1 amide bonds. The number of nitrogens with zero attached hydrogens (tertiary/aromatic N) is 1. The number of anilines is 1. The summed E-state index contributed by atoms with van der Waals surface area (Å²) in [5.41, 5.74) is 3.40. The molecule has 0 spiro atoms. The van der Waals surface area contributed by atoms with Gasteiger partial charge in [-0.2, -0.15) is 4.72 Å². The van der Waals surface area contributed by atoms with Crippen LogP contribution >= 0.6 is 0 Å². The Morgan fingerprint density at radius 3 is 2.38 bits per heavy atom. The quantitative estimate of drug-likeness (QED) is 0.504. The van der Waals surface area contributed by atoms with Crippen molar-refractivity contribution < 1.29 is 18.1 Å². The van der Waals surface area contributed by atoms with Crippen LogP contribution in [0.15, 0.2) is 23.1 Å². The first-order valence-corrected chi connectivity index (χ1v) is 7.29. The lowest BCUT2D eigenvalue weighted by Gasteiger charge is -2.22. The van der Waals surface area contributed by atoms with Crippen molar-refractivity contribution in [3.63, 3.8) is 0 Å². The highest BCUT2D eigenvalue weighted by atomic mass is 32.2. The van der Waals surface area contributed by atoms with Gasteiger partial charge in [0.2, 0.25) is 15.9 Å². The van der Waals surface area contributed by atoms with Crippen LogP contribution in [0, 0.1) is 10.1 Å². The zero-order valence-electron chi connectivity index (χ0n) is 11.7. The van der Waals surface area contributed by atoms with E-state index in [4.69, 9.17) is 5.73 Å². The van der Waals surface area contributed by atoms with Crippen molar-refractivity contribution >= 4 is 27.3 Å². The van der Waals surface area contributed by atoms with Crippen LogP contribution in [0.5, 0.6) is 0 Å². The zero-order chi connectivity index (χ0) is 16.4. The molecule has 0 aliphatic heterocycles. The van der Waals surface area contributed by atoms with Gasteiger partial charge >= 0.3 is 0 Å². The molecular formula is C11H16N4O5S. The van der Waals surface area contributed by atoms with Crippen LogP contribution in [0.3, 0.4) is 0 Å². The monoisotopic (exact) mass is 316 g/mol. The first-order valence-electron chi connectivity index (χ1n) is 5.81. The zero-order valence-corrected chi connectivity index (χ0v) is 12.5. The number of sulfonamides is 1. The first-order chi connectivity index (χ1) is 9.51. The highest BCUT2D eigenvalue weighted by molar-refractivity contribution is 7.89. The van der Waals surface area contributed by atoms with Crippen molar-refractivity contribution in [2.75, 3.05) is 12.4 Å². The second-order valence-corrected chi connectivity index (χ2v) is 6.46. The number of carbonyl (C=O) groups is 1. The Morgan fingerprint density at radius 1 is 1.38 bits per heavy atom. The Labute approximate surface area is 121 Å². The van der Waals surface area contributed by atoms with Crippen LogP contribution in [0.1, 0.15) is 13.8 Å². The summed E-state index contributed by atoms with van der Waals surface area (Å²) in [6.45, 7) is 2.63. The number of rotatable bonds is 6. The van der Waals surface area contributed by atoms with Gasteiger partial charge in [-0.15, -0.1) is 0 Å². The van der Waals surface area contributed by atoms with Gasteiger partial charge < -0.3 is 11.1 Å². The molecule has 21 heavy (non-hydrogen) atoms. The number of nitrogens with two attached hydrogens (primary N) is 1. The number of nitro groups is 1. The van der Waals surface area contributed by atoms with Crippen molar-refractivity contribution in [3.05, 3.63) is 28.3 Å². The van der Waals surface area contributed by atoms with Gasteiger partial charge in [0.25, 0.3) is 5.69 Å². The highest BCUT2D eigenvalue weighted by Crippen LogP contribution is 2.27. The van der Waals surface area contributed by atoms with Crippen LogP contribution in [-0.2, 0) is 14.8 Å². The Bertz CT molecular complexity index is 684. The van der Waals surface area contributed by atoms with E-state index in [1.54, 1.807) is 0 Å². The molecule has 4 N–H and O–H groups in total. The molecule has 0 aliphatic carbocycles. The summed E-state index contributed by atoms with van der Waals surface area (Å²) in [6, 6.07) is 3.26. The number of amides is 1. The van der Waals surface area contributed by atoms with Gasteiger partial charge in [-0.3, -0.25) is 14.9 Å². The second kappa shape index (κ2) is 5.66. The topological polar surface area (TPSA) is 144 Å². The maximum atomic E-state index is 12.2. The molecule has 0 aliphatic rings. The number of nitrogens with one attached hydrogen (secondary N) is 2. The summed E-state index contributed by atoms with van der Waals surface area (Å²) in [5.74, 6) is -0.846. The van der Waals surface area contributed by atoms with Crippen molar-refractivity contribution in [2.24, 2.45) is 5.73 Å². The van der Waals surface area contributed by atoms with Gasteiger partial charge in [0.1, 0.15) is 11.2 Å². The molecule has 0 bridgehead atoms. The molecule has 0 saturated carbocycles. The minimum atomic E-state index is -4.05. The van der Waals surface area contributed by atoms with E-state index in [9.17, 15) is 23.3 Å². The molecule has 0 unspecified atom stereocenters. The molecule has 9 nitrogen and oxygen atoms in total. The third-order valence-corrected chi connectivity index (χ3v) is 4.40. The summed E-state index contributed by atoms with van der Waals surface area (Å²) in [5, 5.41) is 13.3. The summed E-state index contributed by atoms with van der Waals surface area (Å²) < 4.78 is 26.5. The average molecular weight is 316 g/mol. The second-order valence-electron chi connectivity index (χ2n) is 4.78. The van der Waals surface area contributed by atoms with E-state index in [-0.39, 0.29) is 16.3 Å². The third kappa shape index (κ3) is 3.67. The summed E-state index contributed by atoms with van der Waals surface area (Å²) >= 11 is 0. The molecule has 1 rings (SSSR count). The minimum absolute atomic E-state index is 0.0414. The van der Waals surface area contributed by atoms with E-state index in [1.165, 1.54) is 20.9 Å². The molecular weight excluding hydrogens is 300 g/mol. The molecule has 1 aromatic carbocycles. The lowest BCUT2D eigenvalue weighted by Crippen LogP contribution is -2.52. The molecule has 0 aromatic heterocycles. The largest absolute Gasteiger partial charge is 0.383 e. The standard InChI is InChI=1S/C11H16N4O5S/c1-11(2,10(12)16)14-21(19,20)7-4-5-9(15(17)18)8(6-7)13-3/h4-6,13-14H,1-3H3,(H2,12,16). The number of nitro benzene ring substituents is 1. The average Bonchev–Trinajstić information content (AvgIpc) is 2.36. The van der Waals surface area contributed by atoms with Gasteiger partial charge in [-0.1, -0.05) is 0 Å². The molecule has 0 radical (unpaired) electrons. The Hall–Kier alpha value is -2.20. The molecule has 116 valence electrons. The van der Waals surface area contributed by atoms with E-state index in [0.717, 1.165) is 18.2 Å². The number of benzene rings is 1.